The van der Waals surface area contributed by atoms with Gasteiger partial charge in [-0.05, 0) is 6.92 Å². The van der Waals surface area contributed by atoms with Gasteiger partial charge in [0, 0.05) is 42.8 Å². The first kappa shape index (κ1) is 33.5. The van der Waals surface area contributed by atoms with Gasteiger partial charge in [0.2, 0.25) is 5.52 Å². The van der Waals surface area contributed by atoms with E-state index >= 15 is 0 Å². The van der Waals surface area contributed by atoms with E-state index in [1.807, 2.05) is 18.9 Å². The number of fused-ring (bicyclic) bond motifs is 1. The lowest BCUT2D eigenvalue weighted by molar-refractivity contribution is -0.598. The Morgan fingerprint density at radius 2 is 1.82 bits per heavy atom. The number of aliphatic hydroxyl groups excluding tert-OH is 1. The highest BCUT2D eigenvalue weighted by Gasteiger charge is 2.55. The molecule has 0 spiro atoms. The molecule has 2 fully saturated rings. The number of rotatable bonds is 8. The molecule has 2 saturated heterocycles. The molecule has 4 N–H and O–H groups in total. The summed E-state index contributed by atoms with van der Waals surface area (Å²) in [6.07, 6.45) is -5.02. The topological polar surface area (TPSA) is 238 Å². The van der Waals surface area contributed by atoms with Crippen molar-refractivity contribution < 1.29 is 73.3 Å². The average Bonchev–Trinajstić information content (AvgIpc) is 3.51. The molecule has 2 aliphatic heterocycles. The van der Waals surface area contributed by atoms with E-state index in [0.717, 1.165) is 5.69 Å². The van der Waals surface area contributed by atoms with Gasteiger partial charge in [0.25, 0.3) is 0 Å². The number of nitrogens with one attached hydrogen (secondary N) is 1. The third kappa shape index (κ3) is 7.42. The maximum Gasteiger partial charge on any atom is 0.492 e. The number of pyridine rings is 1. The Bertz CT molecular complexity index is 1730. The minimum Gasteiger partial charge on any atom is -0.390 e. The molecule has 3 unspecified atom stereocenters. The number of nitrogens with zero attached hydrogens (tertiary/aromatic N) is 6. The molecule has 0 aromatic carbocycles. The van der Waals surface area contributed by atoms with Crippen LogP contribution in [0.1, 0.15) is 19.6 Å². The van der Waals surface area contributed by atoms with E-state index in [1.165, 1.54) is 15.5 Å². The lowest BCUT2D eigenvalue weighted by Crippen LogP contribution is -2.34. The van der Waals surface area contributed by atoms with Gasteiger partial charge in [0.15, 0.2) is 5.65 Å². The smallest absolute Gasteiger partial charge is 0.390 e. The van der Waals surface area contributed by atoms with Crippen LogP contribution in [0.15, 0.2) is 30.9 Å². The minimum atomic E-state index is -5.31. The molecule has 25 heteroatoms. The van der Waals surface area contributed by atoms with Crippen molar-refractivity contribution in [1.29, 1.82) is 0 Å². The van der Waals surface area contributed by atoms with Crippen LogP contribution in [0.2, 0.25) is 0 Å². The molecule has 0 saturated carbocycles. The Kier molecular flexibility index (Phi) is 8.97. The molecule has 5 rings (SSSR count). The van der Waals surface area contributed by atoms with Gasteiger partial charge in [0.1, 0.15) is 12.3 Å². The molecule has 0 bridgehead atoms. The first-order valence-corrected chi connectivity index (χ1v) is 17.1. The molecule has 0 aliphatic carbocycles. The average molecular weight is 704 g/mol. The molecular formula is C20H24F3N7O12P3+. The minimum absolute atomic E-state index is 0.0193. The summed E-state index contributed by atoms with van der Waals surface area (Å²) in [5.41, 5.74) is 0.759. The van der Waals surface area contributed by atoms with Gasteiger partial charge >= 0.3 is 47.3 Å². The number of alkyl halides is 3. The van der Waals surface area contributed by atoms with Gasteiger partial charge < -0.3 is 24.5 Å². The maximum atomic E-state index is 13.0. The van der Waals surface area contributed by atoms with Crippen LogP contribution in [0, 0.1) is 0 Å². The lowest BCUT2D eigenvalue weighted by Gasteiger charge is -2.27. The number of phosphoric acid groups is 3. The van der Waals surface area contributed by atoms with E-state index in [0.29, 0.717) is 6.54 Å². The predicted molar refractivity (Wildman–Crippen MR) is 141 cm³/mol. The van der Waals surface area contributed by atoms with Crippen molar-refractivity contribution in [3.63, 3.8) is 0 Å². The molecular weight excluding hydrogens is 680 g/mol. The summed E-state index contributed by atoms with van der Waals surface area (Å²) in [7, 11) is -13.9. The Hall–Kier alpha value is -2.87. The summed E-state index contributed by atoms with van der Waals surface area (Å²) in [5, 5.41) is 12.2. The number of ether oxygens (including phenoxy) is 1. The second-order valence-corrected chi connectivity index (χ2v) is 14.5. The zero-order valence-electron chi connectivity index (χ0n) is 22.9. The Balaban J connectivity index is 1.44. The number of aliphatic hydroxyl groups is 1. The van der Waals surface area contributed by atoms with E-state index in [1.54, 1.807) is 29.8 Å². The van der Waals surface area contributed by atoms with Crippen molar-refractivity contribution in [3.05, 3.63) is 30.9 Å². The number of imidazole rings is 1. The summed E-state index contributed by atoms with van der Waals surface area (Å²) >= 11 is 0. The number of hydrogen-bond donors (Lipinski definition) is 4. The fraction of sp³-hybridized carbons (Fsp3) is 0.450. The van der Waals surface area contributed by atoms with Crippen LogP contribution in [0.4, 0.5) is 24.8 Å². The third-order valence-electron chi connectivity index (χ3n) is 6.38. The largest absolute Gasteiger partial charge is 0.492 e. The van der Waals surface area contributed by atoms with Gasteiger partial charge in [-0.3, -0.25) is 19.2 Å². The SMILES string of the molecule is CCN(C)c1cc[n+](-c2nc(NC(=O)C(F)(F)F)nc3c2ncn3[C@H]2CC(O)[C@@H](COP3(=O)OP(=O)(O)OP(=O)(O)O3)O2)cc1. The normalized spacial score (nSPS) is 30.4. The summed E-state index contributed by atoms with van der Waals surface area (Å²) in [5.74, 6) is -3.08. The van der Waals surface area contributed by atoms with Crippen molar-refractivity contribution >= 4 is 52.2 Å². The highest BCUT2D eigenvalue weighted by atomic mass is 31.3. The third-order valence-corrected chi connectivity index (χ3v) is 11.7. The van der Waals surface area contributed by atoms with Crippen LogP contribution in [0.3, 0.4) is 0 Å². The highest BCUT2D eigenvalue weighted by Crippen LogP contribution is 2.80. The second kappa shape index (κ2) is 12.1. The van der Waals surface area contributed by atoms with Crippen LogP contribution in [0.25, 0.3) is 17.0 Å². The van der Waals surface area contributed by atoms with Gasteiger partial charge in [-0.25, -0.2) is 23.2 Å². The first-order valence-electron chi connectivity index (χ1n) is 12.6. The number of carbonyl (C=O) groups is 1. The maximum absolute atomic E-state index is 13.0. The molecule has 45 heavy (non-hydrogen) atoms. The predicted octanol–water partition coefficient (Wildman–Crippen LogP) is 2.10. The monoisotopic (exact) mass is 704 g/mol. The van der Waals surface area contributed by atoms with Gasteiger partial charge in [0.05, 0.1) is 31.4 Å². The van der Waals surface area contributed by atoms with Gasteiger partial charge in [-0.15, -0.1) is 0 Å². The van der Waals surface area contributed by atoms with E-state index < -0.39 is 66.5 Å². The number of anilines is 2. The van der Waals surface area contributed by atoms with E-state index in [-0.39, 0.29) is 23.4 Å². The number of aromatic nitrogens is 5. The quantitative estimate of drug-likeness (QED) is 0.194. The zero-order chi connectivity index (χ0) is 32.9. The molecule has 5 heterocycles. The number of halogens is 3. The van der Waals surface area contributed by atoms with Crippen LogP contribution in [0.5, 0.6) is 0 Å². The molecule has 246 valence electrons. The molecule has 5 atom stereocenters. The first-order chi connectivity index (χ1) is 20.9. The summed E-state index contributed by atoms with van der Waals surface area (Å²) in [4.78, 5) is 44.7. The Morgan fingerprint density at radius 1 is 1.18 bits per heavy atom. The van der Waals surface area contributed by atoms with Gasteiger partial charge in [-0.1, -0.05) is 0 Å². The van der Waals surface area contributed by atoms with Crippen LogP contribution < -0.4 is 14.8 Å². The molecule has 0 radical (unpaired) electrons. The van der Waals surface area contributed by atoms with Crippen LogP contribution >= 0.6 is 23.5 Å². The highest BCUT2D eigenvalue weighted by molar-refractivity contribution is 7.74. The molecule has 3 aromatic rings. The molecule has 19 nitrogen and oxygen atoms in total. The van der Waals surface area contributed by atoms with E-state index in [2.05, 4.69) is 27.9 Å². The fourth-order valence-electron chi connectivity index (χ4n) is 4.19. The van der Waals surface area contributed by atoms with Crippen LogP contribution in [-0.2, 0) is 40.7 Å². The van der Waals surface area contributed by atoms with Crippen LogP contribution in [-0.4, -0.2) is 78.9 Å². The van der Waals surface area contributed by atoms with Crippen molar-refractivity contribution in [2.75, 3.05) is 30.4 Å². The number of hydrogen-bond acceptors (Lipinski definition) is 14. The fourth-order valence-corrected chi connectivity index (χ4v) is 9.13. The summed E-state index contributed by atoms with van der Waals surface area (Å²) < 4.78 is 100. The summed E-state index contributed by atoms with van der Waals surface area (Å²) in [6, 6.07) is 3.43. The zero-order valence-corrected chi connectivity index (χ0v) is 25.6. The second-order valence-electron chi connectivity index (χ2n) is 9.48. The van der Waals surface area contributed by atoms with Crippen molar-refractivity contribution in [1.82, 2.24) is 19.5 Å². The van der Waals surface area contributed by atoms with Gasteiger partial charge in [-0.2, -0.15) is 31.1 Å². The Morgan fingerprint density at radius 3 is 2.42 bits per heavy atom. The molecule has 2 aliphatic rings. The van der Waals surface area contributed by atoms with Crippen molar-refractivity contribution in [3.8, 4) is 5.82 Å². The number of carbonyl (C=O) groups excluding carboxylic acids is 1. The lowest BCUT2D eigenvalue weighted by atomic mass is 10.2. The van der Waals surface area contributed by atoms with E-state index in [4.69, 9.17) is 9.26 Å². The number of amides is 1. The Labute approximate surface area is 250 Å². The molecule has 1 amide bonds. The summed E-state index contributed by atoms with van der Waals surface area (Å²) in [6.45, 7) is 1.77. The van der Waals surface area contributed by atoms with Crippen molar-refractivity contribution in [2.45, 2.75) is 38.0 Å². The van der Waals surface area contributed by atoms with E-state index in [9.17, 15) is 46.6 Å². The molecule has 3 aromatic heterocycles. The standard InChI is InChI=1S/C20H23F3N7O12P3/c1-3-28(2)11-4-6-29(7-5-11)16-15-17(26-19(25-16)27-18(32)20(21,22)23)30(10-24-15)14-8-12(31)13(39-14)9-38-45(37)41-43(33,34)40-44(35,36)42-45/h4-7,10,12-14,31H,3,8-9H2,1-2H3,(H2-,25,26,27,32,33,34,35,36)/p+1/t12?,13-,14-/m1/s1. The van der Waals surface area contributed by atoms with Crippen molar-refractivity contribution in [2.24, 2.45) is 0 Å².